The summed E-state index contributed by atoms with van der Waals surface area (Å²) in [6.45, 7) is 2.51. The van der Waals surface area contributed by atoms with Crippen LogP contribution in [0, 0.1) is 0 Å². The van der Waals surface area contributed by atoms with Gasteiger partial charge in [0.2, 0.25) is 0 Å². The highest BCUT2D eigenvalue weighted by Gasteiger charge is 2.21. The zero-order chi connectivity index (χ0) is 11.7. The molecular weight excluding hydrogens is 216 g/mol. The quantitative estimate of drug-likeness (QED) is 0.830. The highest BCUT2D eigenvalue weighted by Crippen LogP contribution is 2.34. The molecule has 2 heterocycles. The molecule has 1 atom stereocenters. The van der Waals surface area contributed by atoms with E-state index >= 15 is 0 Å². The topological polar surface area (TPSA) is 46.3 Å². The number of rotatable bonds is 2. The molecule has 3 rings (SSSR count). The summed E-state index contributed by atoms with van der Waals surface area (Å²) in [4.78, 5) is 3.19. The van der Waals surface area contributed by atoms with E-state index in [2.05, 4.69) is 22.4 Å². The number of benzene rings is 1. The van der Waals surface area contributed by atoms with Crippen LogP contribution in [0.15, 0.2) is 24.4 Å². The summed E-state index contributed by atoms with van der Waals surface area (Å²) in [7, 11) is 1.71. The molecule has 17 heavy (non-hydrogen) atoms. The van der Waals surface area contributed by atoms with E-state index in [0.717, 1.165) is 41.9 Å². The van der Waals surface area contributed by atoms with Gasteiger partial charge >= 0.3 is 0 Å². The molecule has 1 saturated heterocycles. The van der Waals surface area contributed by atoms with Crippen LogP contribution < -0.4 is 10.1 Å². The van der Waals surface area contributed by atoms with Crippen molar-refractivity contribution in [1.29, 1.82) is 0 Å². The van der Waals surface area contributed by atoms with Gasteiger partial charge in [0.05, 0.1) is 19.8 Å². The first-order valence-corrected chi connectivity index (χ1v) is 5.86. The lowest BCUT2D eigenvalue weighted by atomic mass is 10.0. The standard InChI is InChI=1S/C13H16N2O2/c1-16-13-9-4-5-15-11(9)3-2-10(13)12-8-14-6-7-17-12/h2-5,12,14-15H,6-8H2,1H3. The number of morpholine rings is 1. The maximum Gasteiger partial charge on any atom is 0.134 e. The summed E-state index contributed by atoms with van der Waals surface area (Å²) in [5, 5.41) is 4.45. The van der Waals surface area contributed by atoms with E-state index in [1.807, 2.05) is 12.3 Å². The number of ether oxygens (including phenoxy) is 2. The van der Waals surface area contributed by atoms with Crippen LogP contribution in [0.4, 0.5) is 0 Å². The van der Waals surface area contributed by atoms with Crippen molar-refractivity contribution < 1.29 is 9.47 Å². The van der Waals surface area contributed by atoms with Crippen molar-refractivity contribution in [2.24, 2.45) is 0 Å². The van der Waals surface area contributed by atoms with E-state index in [0.29, 0.717) is 0 Å². The van der Waals surface area contributed by atoms with Gasteiger partial charge in [-0.3, -0.25) is 0 Å². The van der Waals surface area contributed by atoms with Gasteiger partial charge < -0.3 is 19.8 Å². The van der Waals surface area contributed by atoms with E-state index in [1.54, 1.807) is 7.11 Å². The van der Waals surface area contributed by atoms with Crippen molar-refractivity contribution in [2.75, 3.05) is 26.8 Å². The molecule has 4 heteroatoms. The number of nitrogens with one attached hydrogen (secondary N) is 2. The number of hydrogen-bond acceptors (Lipinski definition) is 3. The molecular formula is C13H16N2O2. The zero-order valence-corrected chi connectivity index (χ0v) is 9.82. The lowest BCUT2D eigenvalue weighted by molar-refractivity contribution is 0.0264. The van der Waals surface area contributed by atoms with Crippen LogP contribution >= 0.6 is 0 Å². The summed E-state index contributed by atoms with van der Waals surface area (Å²) in [5.74, 6) is 0.914. The van der Waals surface area contributed by atoms with Crippen LogP contribution in [-0.2, 0) is 4.74 Å². The fraction of sp³-hybridized carbons (Fsp3) is 0.385. The molecule has 1 aromatic carbocycles. The molecule has 2 N–H and O–H groups in total. The van der Waals surface area contributed by atoms with Gasteiger partial charge in [-0.1, -0.05) is 6.07 Å². The molecule has 0 saturated carbocycles. The summed E-state index contributed by atoms with van der Waals surface area (Å²) >= 11 is 0. The number of fused-ring (bicyclic) bond motifs is 1. The van der Waals surface area contributed by atoms with Crippen LogP contribution in [0.5, 0.6) is 5.75 Å². The van der Waals surface area contributed by atoms with Gasteiger partial charge in [0.1, 0.15) is 5.75 Å². The van der Waals surface area contributed by atoms with Gasteiger partial charge in [0.15, 0.2) is 0 Å². The minimum absolute atomic E-state index is 0.0815. The Morgan fingerprint density at radius 3 is 3.06 bits per heavy atom. The molecule has 1 aliphatic heterocycles. The van der Waals surface area contributed by atoms with Crippen molar-refractivity contribution in [3.8, 4) is 5.75 Å². The first-order valence-electron chi connectivity index (χ1n) is 5.86. The van der Waals surface area contributed by atoms with Gasteiger partial charge in [-0.2, -0.15) is 0 Å². The lowest BCUT2D eigenvalue weighted by Crippen LogP contribution is -2.33. The van der Waals surface area contributed by atoms with Gasteiger partial charge in [-0.15, -0.1) is 0 Å². The maximum atomic E-state index is 5.78. The Kier molecular flexibility index (Phi) is 2.74. The Bertz CT molecular complexity index is 515. The van der Waals surface area contributed by atoms with Crippen LogP contribution in [-0.4, -0.2) is 31.8 Å². The second-order valence-corrected chi connectivity index (χ2v) is 4.19. The molecule has 1 aliphatic rings. The average molecular weight is 232 g/mol. The van der Waals surface area contributed by atoms with Gasteiger partial charge in [-0.05, 0) is 12.1 Å². The largest absolute Gasteiger partial charge is 0.496 e. The van der Waals surface area contributed by atoms with Crippen LogP contribution in [0.1, 0.15) is 11.7 Å². The van der Waals surface area contributed by atoms with Gasteiger partial charge in [0, 0.05) is 35.8 Å². The molecule has 0 amide bonds. The second-order valence-electron chi connectivity index (χ2n) is 4.19. The van der Waals surface area contributed by atoms with Crippen molar-refractivity contribution >= 4 is 10.9 Å². The van der Waals surface area contributed by atoms with E-state index in [1.165, 1.54) is 0 Å². The third-order valence-electron chi connectivity index (χ3n) is 3.19. The molecule has 1 aromatic heterocycles. The third-order valence-corrected chi connectivity index (χ3v) is 3.19. The van der Waals surface area contributed by atoms with Crippen molar-refractivity contribution in [3.63, 3.8) is 0 Å². The SMILES string of the molecule is COc1c(C2CNCCO2)ccc2[nH]ccc12. The first kappa shape index (κ1) is 10.6. The second kappa shape index (κ2) is 4.39. The van der Waals surface area contributed by atoms with E-state index in [4.69, 9.17) is 9.47 Å². The van der Waals surface area contributed by atoms with Crippen molar-refractivity contribution in [1.82, 2.24) is 10.3 Å². The Hall–Kier alpha value is -1.52. The number of methoxy groups -OCH3 is 1. The Balaban J connectivity index is 2.07. The fourth-order valence-electron chi connectivity index (χ4n) is 2.37. The van der Waals surface area contributed by atoms with Crippen molar-refractivity contribution in [2.45, 2.75) is 6.10 Å². The Morgan fingerprint density at radius 2 is 2.29 bits per heavy atom. The van der Waals surface area contributed by atoms with Crippen LogP contribution in [0.25, 0.3) is 10.9 Å². The fourth-order valence-corrected chi connectivity index (χ4v) is 2.37. The van der Waals surface area contributed by atoms with Gasteiger partial charge in [0.25, 0.3) is 0 Å². The normalized spacial score (nSPS) is 20.6. The molecule has 0 aliphatic carbocycles. The monoisotopic (exact) mass is 232 g/mol. The first-order chi connectivity index (χ1) is 8.40. The average Bonchev–Trinajstić information content (AvgIpc) is 2.86. The number of H-pyrrole nitrogens is 1. The van der Waals surface area contributed by atoms with Crippen LogP contribution in [0.3, 0.4) is 0 Å². The predicted molar refractivity (Wildman–Crippen MR) is 66.4 cm³/mol. The zero-order valence-electron chi connectivity index (χ0n) is 9.82. The van der Waals surface area contributed by atoms with Gasteiger partial charge in [-0.25, -0.2) is 0 Å². The van der Waals surface area contributed by atoms with E-state index in [-0.39, 0.29) is 6.10 Å². The molecule has 0 radical (unpaired) electrons. The smallest absolute Gasteiger partial charge is 0.134 e. The Morgan fingerprint density at radius 1 is 1.35 bits per heavy atom. The predicted octanol–water partition coefficient (Wildman–Crippen LogP) is 1.84. The van der Waals surface area contributed by atoms with Crippen molar-refractivity contribution in [3.05, 3.63) is 30.0 Å². The highest BCUT2D eigenvalue weighted by atomic mass is 16.5. The minimum Gasteiger partial charge on any atom is -0.496 e. The molecule has 1 unspecified atom stereocenters. The minimum atomic E-state index is 0.0815. The number of aromatic nitrogens is 1. The number of hydrogen-bond donors (Lipinski definition) is 2. The molecule has 90 valence electrons. The highest BCUT2D eigenvalue weighted by molar-refractivity contribution is 5.87. The van der Waals surface area contributed by atoms with E-state index < -0.39 is 0 Å². The summed E-state index contributed by atoms with van der Waals surface area (Å²) in [5.41, 5.74) is 2.21. The Labute approximate surface area is 99.9 Å². The molecule has 1 fully saturated rings. The maximum absolute atomic E-state index is 5.78. The summed E-state index contributed by atoms with van der Waals surface area (Å²) in [6.07, 6.45) is 2.01. The lowest BCUT2D eigenvalue weighted by Gasteiger charge is -2.25. The molecule has 4 nitrogen and oxygen atoms in total. The third kappa shape index (κ3) is 1.79. The summed E-state index contributed by atoms with van der Waals surface area (Å²) in [6, 6.07) is 6.19. The van der Waals surface area contributed by atoms with Crippen LogP contribution in [0.2, 0.25) is 0 Å². The summed E-state index contributed by atoms with van der Waals surface area (Å²) < 4.78 is 11.3. The molecule has 2 aromatic rings. The molecule has 0 spiro atoms. The molecule has 0 bridgehead atoms. The van der Waals surface area contributed by atoms with E-state index in [9.17, 15) is 0 Å². The number of aromatic amines is 1.